The molecule has 3 fully saturated rings. The van der Waals surface area contributed by atoms with Gasteiger partial charge < -0.3 is 28.4 Å². The van der Waals surface area contributed by atoms with Crippen LogP contribution < -0.4 is 0 Å². The molecule has 3 heterocycles. The van der Waals surface area contributed by atoms with Crippen LogP contribution in [0.2, 0.25) is 0 Å². The molecule has 3 rings (SSSR count). The normalized spacial score (nSPS) is 45.9. The maximum Gasteiger partial charge on any atom is 0.226 e. The Balaban J connectivity index is 1.65. The van der Waals surface area contributed by atoms with Gasteiger partial charge in [-0.05, 0) is 0 Å². The highest BCUT2D eigenvalue weighted by molar-refractivity contribution is 5.04. The van der Waals surface area contributed by atoms with Gasteiger partial charge in [0.05, 0.1) is 13.2 Å². The van der Waals surface area contributed by atoms with Crippen molar-refractivity contribution in [3.63, 3.8) is 0 Å². The second-order valence-electron chi connectivity index (χ2n) is 4.15. The first-order valence-electron chi connectivity index (χ1n) is 5.48. The lowest BCUT2D eigenvalue weighted by Gasteiger charge is -2.23. The Morgan fingerprint density at radius 2 is 2.31 bits per heavy atom. The summed E-state index contributed by atoms with van der Waals surface area (Å²) in [6, 6.07) is 0. The van der Waals surface area contributed by atoms with Gasteiger partial charge in [0.1, 0.15) is 25.1 Å². The number of hydrogen-bond donors (Lipinski definition) is 0. The van der Waals surface area contributed by atoms with Gasteiger partial charge in [0.15, 0.2) is 6.79 Å². The van der Waals surface area contributed by atoms with Gasteiger partial charge in [-0.2, -0.15) is 0 Å². The summed E-state index contributed by atoms with van der Waals surface area (Å²) in [4.78, 5) is 0. The molecule has 0 N–H and O–H groups in total. The van der Waals surface area contributed by atoms with E-state index in [1.54, 1.807) is 7.11 Å². The number of rotatable bonds is 4. The highest BCUT2D eigenvalue weighted by atomic mass is 16.8. The Hall–Kier alpha value is -0.240. The fraction of sp³-hybridized carbons (Fsp3) is 1.00. The van der Waals surface area contributed by atoms with Crippen LogP contribution in [0.1, 0.15) is 6.42 Å². The number of methoxy groups -OCH3 is 1. The average molecular weight is 232 g/mol. The van der Waals surface area contributed by atoms with Crippen LogP contribution in [-0.2, 0) is 28.4 Å². The average Bonchev–Trinajstić information content (AvgIpc) is 2.90. The van der Waals surface area contributed by atoms with Crippen molar-refractivity contribution < 1.29 is 28.4 Å². The predicted octanol–water partition coefficient (Wildman–Crippen LogP) is -0.136. The molecule has 0 aromatic heterocycles. The van der Waals surface area contributed by atoms with E-state index in [1.807, 2.05) is 0 Å². The molecule has 0 radical (unpaired) electrons. The second-order valence-corrected chi connectivity index (χ2v) is 4.15. The van der Waals surface area contributed by atoms with E-state index >= 15 is 0 Å². The third-order valence-electron chi connectivity index (χ3n) is 3.25. The van der Waals surface area contributed by atoms with E-state index in [4.69, 9.17) is 28.4 Å². The van der Waals surface area contributed by atoms with Gasteiger partial charge in [-0.25, -0.2) is 0 Å². The summed E-state index contributed by atoms with van der Waals surface area (Å²) in [5, 5.41) is 0. The van der Waals surface area contributed by atoms with Crippen molar-refractivity contribution in [2.45, 2.75) is 30.5 Å². The molecule has 6 heteroatoms. The molecule has 1 spiro atoms. The maximum absolute atomic E-state index is 5.83. The SMILES string of the molecule is COCOC[C@H]1O[C@H]2CCO[C@]23OCO[C@H]13. The monoisotopic (exact) mass is 232 g/mol. The zero-order valence-corrected chi connectivity index (χ0v) is 9.22. The van der Waals surface area contributed by atoms with Gasteiger partial charge in [-0.1, -0.05) is 0 Å². The summed E-state index contributed by atoms with van der Waals surface area (Å²) in [5.41, 5.74) is 0. The van der Waals surface area contributed by atoms with Crippen molar-refractivity contribution in [1.82, 2.24) is 0 Å². The van der Waals surface area contributed by atoms with Crippen molar-refractivity contribution in [3.05, 3.63) is 0 Å². The summed E-state index contributed by atoms with van der Waals surface area (Å²) in [7, 11) is 1.59. The van der Waals surface area contributed by atoms with E-state index in [9.17, 15) is 0 Å². The lowest BCUT2D eigenvalue weighted by molar-refractivity contribution is -0.199. The van der Waals surface area contributed by atoms with Crippen molar-refractivity contribution in [2.75, 3.05) is 33.9 Å². The minimum absolute atomic E-state index is 0.0313. The first-order valence-corrected chi connectivity index (χ1v) is 5.48. The van der Waals surface area contributed by atoms with Gasteiger partial charge in [-0.15, -0.1) is 0 Å². The van der Waals surface area contributed by atoms with Gasteiger partial charge in [-0.3, -0.25) is 0 Å². The minimum Gasteiger partial charge on any atom is -0.364 e. The van der Waals surface area contributed by atoms with Crippen molar-refractivity contribution in [3.8, 4) is 0 Å². The van der Waals surface area contributed by atoms with Gasteiger partial charge >= 0.3 is 0 Å². The maximum atomic E-state index is 5.83. The molecular formula is C10H16O6. The molecule has 0 unspecified atom stereocenters. The van der Waals surface area contributed by atoms with Crippen molar-refractivity contribution in [2.24, 2.45) is 0 Å². The van der Waals surface area contributed by atoms with Crippen LogP contribution in [0.5, 0.6) is 0 Å². The van der Waals surface area contributed by atoms with Crippen LogP contribution in [0.3, 0.4) is 0 Å². The summed E-state index contributed by atoms with van der Waals surface area (Å²) in [6.45, 7) is 1.62. The van der Waals surface area contributed by atoms with Gasteiger partial charge in [0.2, 0.25) is 5.79 Å². The number of hydrogen-bond acceptors (Lipinski definition) is 6. The molecule has 0 saturated carbocycles. The molecule has 0 aromatic rings. The summed E-state index contributed by atoms with van der Waals surface area (Å²) < 4.78 is 32.7. The highest BCUT2D eigenvalue weighted by Crippen LogP contribution is 2.46. The third kappa shape index (κ3) is 1.49. The van der Waals surface area contributed by atoms with E-state index in [1.165, 1.54) is 0 Å². The quantitative estimate of drug-likeness (QED) is 0.497. The van der Waals surface area contributed by atoms with E-state index in [0.717, 1.165) is 6.42 Å². The molecule has 16 heavy (non-hydrogen) atoms. The largest absolute Gasteiger partial charge is 0.364 e. The minimum atomic E-state index is -0.679. The van der Waals surface area contributed by atoms with E-state index in [2.05, 4.69) is 0 Å². The zero-order chi connectivity index (χ0) is 11.0. The predicted molar refractivity (Wildman–Crippen MR) is 50.6 cm³/mol. The highest BCUT2D eigenvalue weighted by Gasteiger charge is 2.65. The summed E-state index contributed by atoms with van der Waals surface area (Å²) >= 11 is 0. The molecule has 3 aliphatic rings. The summed E-state index contributed by atoms with van der Waals surface area (Å²) in [6.07, 6.45) is 0.497. The van der Waals surface area contributed by atoms with Crippen LogP contribution in [0, 0.1) is 0 Å². The first-order chi connectivity index (χ1) is 7.87. The van der Waals surface area contributed by atoms with Crippen molar-refractivity contribution >= 4 is 0 Å². The van der Waals surface area contributed by atoms with Crippen LogP contribution >= 0.6 is 0 Å². The smallest absolute Gasteiger partial charge is 0.226 e. The Morgan fingerprint density at radius 3 is 3.19 bits per heavy atom. The molecule has 4 atom stereocenters. The van der Waals surface area contributed by atoms with Crippen LogP contribution in [0.4, 0.5) is 0 Å². The third-order valence-corrected chi connectivity index (χ3v) is 3.25. The second kappa shape index (κ2) is 4.21. The zero-order valence-electron chi connectivity index (χ0n) is 9.22. The lowest BCUT2D eigenvalue weighted by atomic mass is 10.0. The van der Waals surface area contributed by atoms with E-state index < -0.39 is 5.79 Å². The van der Waals surface area contributed by atoms with Gasteiger partial charge in [0.25, 0.3) is 0 Å². The first kappa shape index (κ1) is 10.9. The topological polar surface area (TPSA) is 55.4 Å². The molecular weight excluding hydrogens is 216 g/mol. The van der Waals surface area contributed by atoms with Crippen LogP contribution in [0.15, 0.2) is 0 Å². The Labute approximate surface area is 93.7 Å². The molecule has 0 aromatic carbocycles. The Bertz CT molecular complexity index is 256. The van der Waals surface area contributed by atoms with Crippen LogP contribution in [-0.4, -0.2) is 58.0 Å². The lowest BCUT2D eigenvalue weighted by Crippen LogP contribution is -2.45. The Kier molecular flexibility index (Phi) is 2.87. The van der Waals surface area contributed by atoms with E-state index in [0.29, 0.717) is 13.2 Å². The Morgan fingerprint density at radius 1 is 1.38 bits per heavy atom. The standard InChI is InChI=1S/C10H16O6/c1-11-5-12-4-7-9-10(15-6-13-9)8(16-7)2-3-14-10/h7-9H,2-6H2,1H3/t7-,8+,9-,10+/m1/s1. The fourth-order valence-electron chi connectivity index (χ4n) is 2.60. The molecule has 92 valence electrons. The summed E-state index contributed by atoms with van der Waals surface area (Å²) in [5.74, 6) is -0.679. The molecule has 0 amide bonds. The molecule has 0 bridgehead atoms. The van der Waals surface area contributed by atoms with Crippen LogP contribution in [0.25, 0.3) is 0 Å². The number of ether oxygens (including phenoxy) is 6. The van der Waals surface area contributed by atoms with Gasteiger partial charge in [0, 0.05) is 13.5 Å². The van der Waals surface area contributed by atoms with Crippen molar-refractivity contribution in [1.29, 1.82) is 0 Å². The fourth-order valence-corrected chi connectivity index (χ4v) is 2.60. The molecule has 0 aliphatic carbocycles. The van der Waals surface area contributed by atoms with E-state index in [-0.39, 0.29) is 31.9 Å². The molecule has 3 saturated heterocycles. The molecule has 3 aliphatic heterocycles. The molecule has 6 nitrogen and oxygen atoms in total.